The van der Waals surface area contributed by atoms with Gasteiger partial charge in [-0.05, 0) is 67.8 Å². The molecule has 1 unspecified atom stereocenters. The molecule has 2 atom stereocenters. The average Bonchev–Trinajstić information content (AvgIpc) is 3.30. The Balaban J connectivity index is 1.71. The molecule has 2 fully saturated rings. The monoisotopic (exact) mass is 639 g/mol. The minimum absolute atomic E-state index is 0.0665. The van der Waals surface area contributed by atoms with Crippen LogP contribution in [0.25, 0.3) is 0 Å². The van der Waals surface area contributed by atoms with E-state index in [-0.39, 0.29) is 46.1 Å². The Bertz CT molecular complexity index is 1720. The van der Waals surface area contributed by atoms with Gasteiger partial charge in [-0.1, -0.05) is 29.8 Å². The summed E-state index contributed by atoms with van der Waals surface area (Å²) >= 11 is 6.60. The van der Waals surface area contributed by atoms with Crippen molar-refractivity contribution in [2.24, 2.45) is 0 Å². The van der Waals surface area contributed by atoms with Crippen molar-refractivity contribution in [1.82, 2.24) is 10.3 Å². The number of carbonyl (C=O) groups is 3. The highest BCUT2D eigenvalue weighted by Crippen LogP contribution is 2.48. The van der Waals surface area contributed by atoms with Crippen LogP contribution in [0.3, 0.4) is 0 Å². The summed E-state index contributed by atoms with van der Waals surface area (Å²) in [5, 5.41) is 25.4. The number of aliphatic hydroxyl groups is 1. The highest BCUT2D eigenvalue weighted by Gasteiger charge is 2.61. The lowest BCUT2D eigenvalue weighted by molar-refractivity contribution is -0.136. The molecule has 1 saturated heterocycles. The third kappa shape index (κ3) is 6.23. The van der Waals surface area contributed by atoms with Crippen LogP contribution in [0.15, 0.2) is 60.8 Å². The van der Waals surface area contributed by atoms with Crippen molar-refractivity contribution < 1.29 is 32.7 Å². The van der Waals surface area contributed by atoms with Gasteiger partial charge in [0.05, 0.1) is 23.2 Å². The van der Waals surface area contributed by atoms with Crippen LogP contribution in [0.1, 0.15) is 62.1 Å². The van der Waals surface area contributed by atoms with Crippen LogP contribution in [0.2, 0.25) is 5.02 Å². The first-order valence-corrected chi connectivity index (χ1v) is 14.5. The number of hydrogen-bond acceptors (Lipinski definition) is 6. The van der Waals surface area contributed by atoms with E-state index in [4.69, 9.17) is 11.6 Å². The third-order valence-corrected chi connectivity index (χ3v) is 8.46. The molecule has 3 N–H and O–H groups in total. The maximum atomic E-state index is 14.7. The second-order valence-electron chi connectivity index (χ2n) is 11.8. The minimum Gasteiger partial charge on any atom is -0.386 e. The largest absolute Gasteiger partial charge is 0.386 e. The SMILES string of the molecule is CC(C)(O)c1cc(F)cc(NC(=O)C2([C@@H](C(=O)NC3CC(F)(F)C3)c3ccccc3Cl)CCC(=O)N2c2cc(C#N)ccn2)c1. The summed E-state index contributed by atoms with van der Waals surface area (Å²) in [5.41, 5.74) is -3.30. The Labute approximate surface area is 262 Å². The van der Waals surface area contributed by atoms with Crippen molar-refractivity contribution >= 4 is 40.8 Å². The Morgan fingerprint density at radius 2 is 1.89 bits per heavy atom. The first-order chi connectivity index (χ1) is 21.1. The van der Waals surface area contributed by atoms with Gasteiger partial charge in [-0.15, -0.1) is 0 Å². The predicted octanol–water partition coefficient (Wildman–Crippen LogP) is 5.18. The van der Waals surface area contributed by atoms with E-state index in [0.29, 0.717) is 0 Å². The number of benzene rings is 2. The maximum Gasteiger partial charge on any atom is 0.252 e. The molecule has 2 heterocycles. The Morgan fingerprint density at radius 1 is 1.18 bits per heavy atom. The maximum absolute atomic E-state index is 14.7. The van der Waals surface area contributed by atoms with E-state index in [1.165, 1.54) is 50.4 Å². The molecule has 1 aliphatic carbocycles. The molecule has 234 valence electrons. The van der Waals surface area contributed by atoms with Crippen LogP contribution < -0.4 is 15.5 Å². The zero-order chi connectivity index (χ0) is 32.7. The lowest BCUT2D eigenvalue weighted by Crippen LogP contribution is -2.63. The normalized spacial score (nSPS) is 20.2. The number of nitrogens with one attached hydrogen (secondary N) is 2. The van der Waals surface area contributed by atoms with E-state index in [0.717, 1.165) is 17.0 Å². The van der Waals surface area contributed by atoms with E-state index >= 15 is 0 Å². The van der Waals surface area contributed by atoms with Crippen molar-refractivity contribution in [2.75, 3.05) is 10.2 Å². The van der Waals surface area contributed by atoms with Gasteiger partial charge in [-0.3, -0.25) is 19.3 Å². The molecule has 1 aromatic heterocycles. The zero-order valence-electron chi connectivity index (χ0n) is 24.3. The number of rotatable bonds is 8. The van der Waals surface area contributed by atoms with E-state index < -0.39 is 65.4 Å². The fourth-order valence-corrected chi connectivity index (χ4v) is 6.18. The number of nitrogens with zero attached hydrogens (tertiary/aromatic N) is 3. The number of halogens is 4. The molecule has 1 aliphatic heterocycles. The van der Waals surface area contributed by atoms with E-state index in [2.05, 4.69) is 15.6 Å². The standard InChI is InChI=1S/C32H29ClF3N5O4/c1-30(2,45)19-12-20(34)14-21(13-19)40-29(44)32(9-7-26(42)41(32)25-11-18(17-37)8-10-38-25)27(23-5-3-4-6-24(23)33)28(43)39-22-15-31(35,36)16-22/h3-6,8,10-14,22,27,45H,7,9,15-16H2,1-2H3,(H,39,43)(H,40,44)/t27-,32?/m1/s1. The number of carbonyl (C=O) groups excluding carboxylic acids is 3. The number of hydrogen-bond donors (Lipinski definition) is 3. The predicted molar refractivity (Wildman–Crippen MR) is 159 cm³/mol. The van der Waals surface area contributed by atoms with Crippen LogP contribution in [0.4, 0.5) is 24.7 Å². The van der Waals surface area contributed by atoms with Gasteiger partial charge in [0.2, 0.25) is 11.8 Å². The fourth-order valence-electron chi connectivity index (χ4n) is 5.93. The summed E-state index contributed by atoms with van der Waals surface area (Å²) < 4.78 is 42.2. The molecule has 0 radical (unpaired) electrons. The number of pyridine rings is 1. The summed E-state index contributed by atoms with van der Waals surface area (Å²) in [6.07, 6.45) is -0.436. The fraction of sp³-hybridized carbons (Fsp3) is 0.344. The lowest BCUT2D eigenvalue weighted by Gasteiger charge is -2.43. The van der Waals surface area contributed by atoms with E-state index in [1.807, 2.05) is 6.07 Å². The second kappa shape index (κ2) is 11.8. The van der Waals surface area contributed by atoms with Gasteiger partial charge in [0.15, 0.2) is 0 Å². The molecule has 3 amide bonds. The van der Waals surface area contributed by atoms with Crippen molar-refractivity contribution in [2.45, 2.75) is 68.6 Å². The van der Waals surface area contributed by atoms with E-state index in [9.17, 15) is 37.9 Å². The van der Waals surface area contributed by atoms with Crippen molar-refractivity contribution in [3.05, 3.63) is 88.3 Å². The molecule has 1 saturated carbocycles. The van der Waals surface area contributed by atoms with Gasteiger partial charge < -0.3 is 15.7 Å². The summed E-state index contributed by atoms with van der Waals surface area (Å²) in [4.78, 5) is 47.8. The average molecular weight is 640 g/mol. The summed E-state index contributed by atoms with van der Waals surface area (Å²) in [6.45, 7) is 2.86. The molecular formula is C32H29ClF3N5O4. The molecule has 13 heteroatoms. The van der Waals surface area contributed by atoms with Crippen LogP contribution in [-0.2, 0) is 20.0 Å². The number of aromatic nitrogens is 1. The first kappa shape index (κ1) is 31.9. The van der Waals surface area contributed by atoms with Crippen molar-refractivity contribution in [3.8, 4) is 6.07 Å². The summed E-state index contributed by atoms with van der Waals surface area (Å²) in [5.74, 6) is -7.78. The molecule has 5 rings (SSSR count). The second-order valence-corrected chi connectivity index (χ2v) is 12.2. The number of nitriles is 1. The van der Waals surface area contributed by atoms with Gasteiger partial charge in [0, 0.05) is 42.2 Å². The van der Waals surface area contributed by atoms with Gasteiger partial charge in [0.1, 0.15) is 17.2 Å². The van der Waals surface area contributed by atoms with Crippen LogP contribution in [0, 0.1) is 17.1 Å². The Kier molecular flexibility index (Phi) is 8.37. The van der Waals surface area contributed by atoms with Gasteiger partial charge in [0.25, 0.3) is 11.8 Å². The van der Waals surface area contributed by atoms with Crippen molar-refractivity contribution in [1.29, 1.82) is 5.26 Å². The van der Waals surface area contributed by atoms with Gasteiger partial charge in [-0.25, -0.2) is 18.2 Å². The third-order valence-electron chi connectivity index (χ3n) is 8.12. The highest BCUT2D eigenvalue weighted by atomic mass is 35.5. The molecule has 2 aliphatic rings. The molecule has 3 aromatic rings. The first-order valence-electron chi connectivity index (χ1n) is 14.1. The van der Waals surface area contributed by atoms with Crippen molar-refractivity contribution in [3.63, 3.8) is 0 Å². The summed E-state index contributed by atoms with van der Waals surface area (Å²) in [7, 11) is 0. The Morgan fingerprint density at radius 3 is 2.53 bits per heavy atom. The number of alkyl halides is 2. The lowest BCUT2D eigenvalue weighted by atomic mass is 9.74. The topological polar surface area (TPSA) is 135 Å². The molecular weight excluding hydrogens is 611 g/mol. The van der Waals surface area contributed by atoms with Crippen LogP contribution >= 0.6 is 11.6 Å². The van der Waals surface area contributed by atoms with Gasteiger partial charge >= 0.3 is 0 Å². The van der Waals surface area contributed by atoms with Crippen LogP contribution in [-0.4, -0.2) is 45.3 Å². The molecule has 0 spiro atoms. The molecule has 0 bridgehead atoms. The quantitative estimate of drug-likeness (QED) is 0.311. The minimum atomic E-state index is -2.96. The molecule has 2 aromatic carbocycles. The Hall–Kier alpha value is -4.47. The zero-order valence-corrected chi connectivity index (χ0v) is 25.0. The molecule has 45 heavy (non-hydrogen) atoms. The smallest absolute Gasteiger partial charge is 0.252 e. The van der Waals surface area contributed by atoms with Gasteiger partial charge in [-0.2, -0.15) is 5.26 Å². The number of amides is 3. The molecule has 9 nitrogen and oxygen atoms in total. The van der Waals surface area contributed by atoms with E-state index in [1.54, 1.807) is 12.1 Å². The summed E-state index contributed by atoms with van der Waals surface area (Å²) in [6, 6.07) is 13.3. The highest BCUT2D eigenvalue weighted by molar-refractivity contribution is 6.32. The number of anilines is 2. The van der Waals surface area contributed by atoms with Crippen LogP contribution in [0.5, 0.6) is 0 Å².